The monoisotopic (exact) mass is 378 g/mol. The Morgan fingerprint density at radius 1 is 1.26 bits per heavy atom. The minimum absolute atomic E-state index is 0.106. The number of hydrogen-bond donors (Lipinski definition) is 1. The number of halogens is 2. The van der Waals surface area contributed by atoms with Gasteiger partial charge in [0.05, 0.1) is 11.5 Å². The summed E-state index contributed by atoms with van der Waals surface area (Å²) in [4.78, 5) is 22.1. The molecule has 0 unspecified atom stereocenters. The Morgan fingerprint density at radius 2 is 2.04 bits per heavy atom. The molecule has 1 amide bonds. The number of alkyl halides is 2. The van der Waals surface area contributed by atoms with Crippen molar-refractivity contribution in [3.63, 3.8) is 0 Å². The highest BCUT2D eigenvalue weighted by Crippen LogP contribution is 2.30. The lowest BCUT2D eigenvalue weighted by atomic mass is 10.2. The van der Waals surface area contributed by atoms with Crippen LogP contribution in [0.25, 0.3) is 6.08 Å². The molecule has 2 aromatic rings. The van der Waals surface area contributed by atoms with Crippen LogP contribution in [-0.4, -0.2) is 24.0 Å². The maximum absolute atomic E-state index is 12.4. The largest absolute Gasteiger partial charge is 0.490 e. The topological polar surface area (TPSA) is 90.7 Å². The molecule has 0 atom stereocenters. The van der Waals surface area contributed by atoms with Crippen LogP contribution < -0.4 is 14.8 Å². The fourth-order valence-electron chi connectivity index (χ4n) is 2.14. The van der Waals surface area contributed by atoms with Crippen LogP contribution in [0.2, 0.25) is 0 Å². The Labute approximate surface area is 153 Å². The van der Waals surface area contributed by atoms with Crippen LogP contribution in [0.1, 0.15) is 12.5 Å². The number of amides is 1. The number of carbonyl (C=O) groups excluding carboxylic acids is 1. The summed E-state index contributed by atoms with van der Waals surface area (Å²) in [5.41, 5.74) is 0.650. The van der Waals surface area contributed by atoms with Gasteiger partial charge in [0.2, 0.25) is 5.91 Å². The quantitative estimate of drug-likeness (QED) is 0.421. The Hall–Kier alpha value is -3.49. The summed E-state index contributed by atoms with van der Waals surface area (Å²) in [6.45, 7) is -1.03. The van der Waals surface area contributed by atoms with Crippen molar-refractivity contribution in [2.45, 2.75) is 13.5 Å². The number of hydrogen-bond acceptors (Lipinski definition) is 5. The third kappa shape index (κ3) is 6.07. The minimum atomic E-state index is -2.98. The highest BCUT2D eigenvalue weighted by molar-refractivity contribution is 6.02. The van der Waals surface area contributed by atoms with E-state index in [1.54, 1.807) is 6.92 Å². The van der Waals surface area contributed by atoms with E-state index >= 15 is 0 Å². The van der Waals surface area contributed by atoms with Gasteiger partial charge in [-0.2, -0.15) is 8.78 Å². The molecule has 1 N–H and O–H groups in total. The van der Waals surface area contributed by atoms with Gasteiger partial charge in [-0.3, -0.25) is 14.9 Å². The fourth-order valence-corrected chi connectivity index (χ4v) is 2.14. The van der Waals surface area contributed by atoms with E-state index in [0.29, 0.717) is 5.56 Å². The van der Waals surface area contributed by atoms with Crippen molar-refractivity contribution in [3.05, 3.63) is 64.2 Å². The van der Waals surface area contributed by atoms with Crippen molar-refractivity contribution in [2.24, 2.45) is 0 Å². The lowest BCUT2D eigenvalue weighted by Crippen LogP contribution is -2.08. The van der Waals surface area contributed by atoms with Gasteiger partial charge in [0.25, 0.3) is 5.69 Å². The molecule has 0 heterocycles. The first kappa shape index (κ1) is 19.8. The van der Waals surface area contributed by atoms with Crippen molar-refractivity contribution in [2.75, 3.05) is 11.9 Å². The van der Waals surface area contributed by atoms with Gasteiger partial charge in [0, 0.05) is 23.9 Å². The maximum Gasteiger partial charge on any atom is 0.387 e. The SMILES string of the molecule is CCOc1cc(/C=C/C(=O)Nc2cccc([N+](=O)[O-])c2)ccc1OC(F)F. The summed E-state index contributed by atoms with van der Waals surface area (Å²) in [6.07, 6.45) is 2.65. The summed E-state index contributed by atoms with van der Waals surface area (Å²) in [7, 11) is 0. The molecule has 0 saturated heterocycles. The van der Waals surface area contributed by atoms with E-state index in [4.69, 9.17) is 4.74 Å². The zero-order valence-corrected chi connectivity index (χ0v) is 14.2. The normalized spacial score (nSPS) is 10.8. The summed E-state index contributed by atoms with van der Waals surface area (Å²) >= 11 is 0. The van der Waals surface area contributed by atoms with E-state index < -0.39 is 17.4 Å². The number of anilines is 1. The summed E-state index contributed by atoms with van der Waals surface area (Å²) in [6, 6.07) is 9.76. The summed E-state index contributed by atoms with van der Waals surface area (Å²) < 4.78 is 34.4. The molecule has 2 rings (SSSR count). The van der Waals surface area contributed by atoms with Gasteiger partial charge < -0.3 is 14.8 Å². The molecule has 0 bridgehead atoms. The first-order valence-electron chi connectivity index (χ1n) is 7.84. The van der Waals surface area contributed by atoms with Gasteiger partial charge in [-0.15, -0.1) is 0 Å². The Bertz CT molecular complexity index is 855. The highest BCUT2D eigenvalue weighted by atomic mass is 19.3. The second kappa shape index (κ2) is 9.27. The second-order valence-electron chi connectivity index (χ2n) is 5.15. The molecule has 0 aliphatic heterocycles. The number of benzene rings is 2. The van der Waals surface area contributed by atoms with Gasteiger partial charge in [0.1, 0.15) is 0 Å². The first-order valence-corrected chi connectivity index (χ1v) is 7.84. The van der Waals surface area contributed by atoms with Crippen LogP contribution in [0.15, 0.2) is 48.5 Å². The molecule has 0 spiro atoms. The molecule has 0 aliphatic carbocycles. The van der Waals surface area contributed by atoms with Crippen molar-refractivity contribution < 1.29 is 28.0 Å². The predicted octanol–water partition coefficient (Wildman–Crippen LogP) is 4.25. The van der Waals surface area contributed by atoms with Crippen molar-refractivity contribution >= 4 is 23.4 Å². The molecular weight excluding hydrogens is 362 g/mol. The number of nitro groups is 1. The van der Waals surface area contributed by atoms with Crippen LogP contribution in [-0.2, 0) is 4.79 Å². The molecule has 0 aliphatic rings. The third-order valence-electron chi connectivity index (χ3n) is 3.24. The zero-order chi connectivity index (χ0) is 19.8. The van der Waals surface area contributed by atoms with Crippen LogP contribution in [0, 0.1) is 10.1 Å². The molecule has 0 aromatic heterocycles. The molecular formula is C18H16F2N2O5. The van der Waals surface area contributed by atoms with E-state index in [1.807, 2.05) is 0 Å². The van der Waals surface area contributed by atoms with Crippen LogP contribution in [0.4, 0.5) is 20.2 Å². The third-order valence-corrected chi connectivity index (χ3v) is 3.24. The lowest BCUT2D eigenvalue weighted by molar-refractivity contribution is -0.384. The number of nitro benzene ring substituents is 1. The Morgan fingerprint density at radius 3 is 2.70 bits per heavy atom. The van der Waals surface area contributed by atoms with Crippen molar-refractivity contribution in [1.82, 2.24) is 0 Å². The molecule has 0 radical (unpaired) electrons. The number of non-ortho nitro benzene ring substituents is 1. The average molecular weight is 378 g/mol. The number of ether oxygens (including phenoxy) is 2. The van der Waals surface area contributed by atoms with E-state index in [-0.39, 0.29) is 29.5 Å². The maximum atomic E-state index is 12.4. The predicted molar refractivity (Wildman–Crippen MR) is 95.0 cm³/mol. The molecule has 142 valence electrons. The fraction of sp³-hybridized carbons (Fsp3) is 0.167. The van der Waals surface area contributed by atoms with Gasteiger partial charge in [-0.25, -0.2) is 0 Å². The van der Waals surface area contributed by atoms with Crippen molar-refractivity contribution in [3.8, 4) is 11.5 Å². The molecule has 2 aromatic carbocycles. The lowest BCUT2D eigenvalue weighted by Gasteiger charge is -2.11. The Balaban J connectivity index is 2.10. The van der Waals surface area contributed by atoms with Gasteiger partial charge in [-0.05, 0) is 36.8 Å². The number of rotatable bonds is 8. The van der Waals surface area contributed by atoms with Crippen molar-refractivity contribution in [1.29, 1.82) is 0 Å². The van der Waals surface area contributed by atoms with Gasteiger partial charge >= 0.3 is 6.61 Å². The number of nitrogens with one attached hydrogen (secondary N) is 1. The molecule has 27 heavy (non-hydrogen) atoms. The molecule has 9 heteroatoms. The Kier molecular flexibility index (Phi) is 6.81. The zero-order valence-electron chi connectivity index (χ0n) is 14.2. The second-order valence-corrected chi connectivity index (χ2v) is 5.15. The van der Waals surface area contributed by atoms with E-state index in [9.17, 15) is 23.7 Å². The minimum Gasteiger partial charge on any atom is -0.490 e. The van der Waals surface area contributed by atoms with Crippen LogP contribution >= 0.6 is 0 Å². The van der Waals surface area contributed by atoms with E-state index in [1.165, 1.54) is 54.6 Å². The van der Waals surface area contributed by atoms with Gasteiger partial charge in [-0.1, -0.05) is 12.1 Å². The van der Waals surface area contributed by atoms with Gasteiger partial charge in [0.15, 0.2) is 11.5 Å². The highest BCUT2D eigenvalue weighted by Gasteiger charge is 2.11. The summed E-state index contributed by atoms with van der Waals surface area (Å²) in [5.74, 6) is -0.495. The standard InChI is InChI=1S/C18H16F2N2O5/c1-2-26-16-10-12(6-8-15(16)27-18(19)20)7-9-17(23)21-13-4-3-5-14(11-13)22(24)25/h3-11,18H,2H2,1H3,(H,21,23)/b9-7+. The number of nitrogens with zero attached hydrogens (tertiary/aromatic N) is 1. The molecule has 0 saturated carbocycles. The van der Waals surface area contributed by atoms with Crippen LogP contribution in [0.3, 0.4) is 0 Å². The average Bonchev–Trinajstić information content (AvgIpc) is 2.62. The first-order chi connectivity index (χ1) is 12.9. The van der Waals surface area contributed by atoms with E-state index in [0.717, 1.165) is 0 Å². The summed E-state index contributed by atoms with van der Waals surface area (Å²) in [5, 5.41) is 13.2. The number of carbonyl (C=O) groups is 1. The van der Waals surface area contributed by atoms with E-state index in [2.05, 4.69) is 10.1 Å². The molecule has 7 nitrogen and oxygen atoms in total. The molecule has 0 fully saturated rings. The van der Waals surface area contributed by atoms with Crippen LogP contribution in [0.5, 0.6) is 11.5 Å². The smallest absolute Gasteiger partial charge is 0.387 e.